The van der Waals surface area contributed by atoms with E-state index in [2.05, 4.69) is 0 Å². The van der Waals surface area contributed by atoms with Gasteiger partial charge in [0.2, 0.25) is 40.6 Å². The number of rotatable bonds is 5. The number of aryl methyl sites for hydroxylation is 2. The SMILES string of the molecule is Cc1cc(C(=O)C([S+]2CCOCC2)C(C)(C)C)cc(C)c1Oc1c(F)c(F)c(F)c(F)c1F. The van der Waals surface area contributed by atoms with Crippen LogP contribution in [0, 0.1) is 48.3 Å². The minimum Gasteiger partial charge on any atom is -0.450 e. The first kappa shape index (κ1) is 25.5. The Morgan fingerprint density at radius 2 is 1.33 bits per heavy atom. The quantitative estimate of drug-likeness (QED) is 0.169. The smallest absolute Gasteiger partial charge is 0.215 e. The molecule has 0 aromatic heterocycles. The molecule has 2 aromatic rings. The summed E-state index contributed by atoms with van der Waals surface area (Å²) in [4.78, 5) is 13.6. The van der Waals surface area contributed by atoms with Crippen molar-refractivity contribution in [3.05, 3.63) is 57.9 Å². The number of hydrogen-bond donors (Lipinski definition) is 0. The van der Waals surface area contributed by atoms with Crippen LogP contribution in [0.15, 0.2) is 12.1 Å². The molecule has 0 N–H and O–H groups in total. The summed E-state index contributed by atoms with van der Waals surface area (Å²) in [5.41, 5.74) is 0.786. The minimum absolute atomic E-state index is 0.0540. The van der Waals surface area contributed by atoms with Crippen molar-refractivity contribution in [2.24, 2.45) is 5.41 Å². The van der Waals surface area contributed by atoms with Crippen molar-refractivity contribution in [3.63, 3.8) is 0 Å². The summed E-state index contributed by atoms with van der Waals surface area (Å²) in [6, 6.07) is 3.05. The number of ether oxygens (including phenoxy) is 2. The minimum atomic E-state index is -2.26. The third-order valence-corrected chi connectivity index (χ3v) is 8.43. The molecule has 0 saturated carbocycles. The molecule has 0 amide bonds. The molecule has 1 fully saturated rings. The van der Waals surface area contributed by atoms with Gasteiger partial charge in [-0.1, -0.05) is 20.8 Å². The zero-order valence-corrected chi connectivity index (χ0v) is 19.9. The van der Waals surface area contributed by atoms with E-state index in [-0.39, 0.29) is 33.1 Å². The Balaban J connectivity index is 1.99. The Morgan fingerprint density at radius 1 is 0.879 bits per heavy atom. The third-order valence-electron chi connectivity index (χ3n) is 5.46. The Bertz CT molecular complexity index is 1020. The molecule has 1 saturated heterocycles. The molecular weight excluding hydrogens is 463 g/mol. The van der Waals surface area contributed by atoms with Gasteiger partial charge in [0, 0.05) is 21.9 Å². The average Bonchev–Trinajstić information content (AvgIpc) is 2.75. The lowest BCUT2D eigenvalue weighted by Crippen LogP contribution is -2.47. The Hall–Kier alpha value is -2.13. The maximum atomic E-state index is 14.1. The van der Waals surface area contributed by atoms with Crippen LogP contribution in [0.3, 0.4) is 0 Å². The Morgan fingerprint density at radius 3 is 1.79 bits per heavy atom. The van der Waals surface area contributed by atoms with E-state index in [0.29, 0.717) is 29.9 Å². The maximum Gasteiger partial charge on any atom is 0.215 e. The van der Waals surface area contributed by atoms with Gasteiger partial charge in [-0.3, -0.25) is 4.79 Å². The van der Waals surface area contributed by atoms with E-state index in [1.165, 1.54) is 12.1 Å². The molecular formula is C24H26F5O3S+. The largest absolute Gasteiger partial charge is 0.450 e. The van der Waals surface area contributed by atoms with Crippen LogP contribution in [0.5, 0.6) is 11.5 Å². The Labute approximate surface area is 192 Å². The summed E-state index contributed by atoms with van der Waals surface area (Å²) in [6.45, 7) is 10.3. The molecule has 2 aromatic carbocycles. The molecule has 1 aliphatic heterocycles. The van der Waals surface area contributed by atoms with Gasteiger partial charge < -0.3 is 9.47 Å². The van der Waals surface area contributed by atoms with Gasteiger partial charge in [-0.2, -0.15) is 8.78 Å². The second-order valence-corrected chi connectivity index (χ2v) is 11.5. The summed E-state index contributed by atoms with van der Waals surface area (Å²) in [6.07, 6.45) is 0. The number of carbonyl (C=O) groups is 1. The fourth-order valence-electron chi connectivity index (χ4n) is 4.00. The summed E-state index contributed by atoms with van der Waals surface area (Å²) in [5.74, 6) is -10.5. The first-order chi connectivity index (χ1) is 15.3. The van der Waals surface area contributed by atoms with Crippen molar-refractivity contribution in [1.29, 1.82) is 0 Å². The topological polar surface area (TPSA) is 35.5 Å². The van der Waals surface area contributed by atoms with Crippen LogP contribution < -0.4 is 4.74 Å². The monoisotopic (exact) mass is 489 g/mol. The first-order valence-corrected chi connectivity index (χ1v) is 12.1. The molecule has 0 radical (unpaired) electrons. The highest BCUT2D eigenvalue weighted by Crippen LogP contribution is 2.37. The fourth-order valence-corrected chi connectivity index (χ4v) is 6.78. The number of ketones is 1. The highest BCUT2D eigenvalue weighted by atomic mass is 32.2. The maximum absolute atomic E-state index is 14.1. The second-order valence-electron chi connectivity index (χ2n) is 9.11. The lowest BCUT2D eigenvalue weighted by atomic mass is 9.86. The summed E-state index contributed by atoms with van der Waals surface area (Å²) < 4.78 is 79.3. The van der Waals surface area contributed by atoms with Gasteiger partial charge in [0.1, 0.15) is 17.3 Å². The van der Waals surface area contributed by atoms with E-state index >= 15 is 0 Å². The standard InChI is InChI=1S/C24H26F5O3S/c1-12-10-14(20(30)23(24(3,4)5)33-8-6-31-7-9-33)11-13(2)21(12)32-22-18(28)16(26)15(25)17(27)19(22)29/h10-11,23H,6-9H2,1-5H3/q+1. The predicted octanol–water partition coefficient (Wildman–Crippen LogP) is 6.04. The number of halogens is 5. The van der Waals surface area contributed by atoms with Crippen LogP contribution in [0.25, 0.3) is 0 Å². The normalized spacial score (nSPS) is 16.1. The van der Waals surface area contributed by atoms with E-state index in [0.717, 1.165) is 11.5 Å². The number of Topliss-reactive ketones (excluding diaryl/α,β-unsaturated/α-hetero) is 1. The van der Waals surface area contributed by atoms with Gasteiger partial charge >= 0.3 is 0 Å². The van der Waals surface area contributed by atoms with Crippen LogP contribution in [0.4, 0.5) is 22.0 Å². The van der Waals surface area contributed by atoms with Crippen LogP contribution >= 0.6 is 0 Å². The summed E-state index contributed by atoms with van der Waals surface area (Å²) in [5, 5.41) is -0.248. The van der Waals surface area contributed by atoms with E-state index in [9.17, 15) is 26.7 Å². The van der Waals surface area contributed by atoms with Gasteiger partial charge in [-0.25, -0.2) is 13.2 Å². The van der Waals surface area contributed by atoms with Crippen LogP contribution in [0.1, 0.15) is 42.3 Å². The van der Waals surface area contributed by atoms with Crippen molar-refractivity contribution in [2.75, 3.05) is 24.7 Å². The molecule has 1 heterocycles. The van der Waals surface area contributed by atoms with Gasteiger partial charge in [-0.05, 0) is 37.1 Å². The molecule has 0 aliphatic carbocycles. The van der Waals surface area contributed by atoms with Crippen molar-refractivity contribution < 1.29 is 36.2 Å². The average molecular weight is 490 g/mol. The van der Waals surface area contributed by atoms with Gasteiger partial charge in [-0.15, -0.1) is 0 Å². The molecule has 9 heteroatoms. The van der Waals surface area contributed by atoms with Gasteiger partial charge in [0.05, 0.1) is 13.2 Å². The first-order valence-electron chi connectivity index (χ1n) is 10.4. The molecule has 0 bridgehead atoms. The number of carbonyl (C=O) groups excluding carboxylic acids is 1. The lowest BCUT2D eigenvalue weighted by molar-refractivity contribution is 0.0946. The van der Waals surface area contributed by atoms with E-state index < -0.39 is 34.8 Å². The molecule has 1 aliphatic rings. The molecule has 0 spiro atoms. The highest BCUT2D eigenvalue weighted by Gasteiger charge is 2.46. The van der Waals surface area contributed by atoms with Crippen molar-refractivity contribution in [3.8, 4) is 11.5 Å². The third kappa shape index (κ3) is 5.04. The number of benzene rings is 2. The van der Waals surface area contributed by atoms with Crippen LogP contribution in [-0.4, -0.2) is 35.8 Å². The molecule has 1 atom stereocenters. The fraction of sp³-hybridized carbons (Fsp3) is 0.458. The van der Waals surface area contributed by atoms with Gasteiger partial charge in [0.25, 0.3) is 0 Å². The molecule has 3 nitrogen and oxygen atoms in total. The zero-order valence-electron chi connectivity index (χ0n) is 19.1. The van der Waals surface area contributed by atoms with E-state index in [1.807, 2.05) is 20.8 Å². The predicted molar refractivity (Wildman–Crippen MR) is 118 cm³/mol. The van der Waals surface area contributed by atoms with E-state index in [4.69, 9.17) is 9.47 Å². The van der Waals surface area contributed by atoms with Crippen LogP contribution in [-0.2, 0) is 15.6 Å². The van der Waals surface area contributed by atoms with Gasteiger partial charge in [0.15, 0.2) is 5.25 Å². The second kappa shape index (κ2) is 9.62. The van der Waals surface area contributed by atoms with Crippen molar-refractivity contribution >= 4 is 16.7 Å². The van der Waals surface area contributed by atoms with Crippen molar-refractivity contribution in [1.82, 2.24) is 0 Å². The number of hydrogen-bond acceptors (Lipinski definition) is 3. The van der Waals surface area contributed by atoms with E-state index in [1.54, 1.807) is 13.8 Å². The summed E-state index contributed by atoms with van der Waals surface area (Å²) in [7, 11) is -0.170. The highest BCUT2D eigenvalue weighted by molar-refractivity contribution is 7.98. The summed E-state index contributed by atoms with van der Waals surface area (Å²) >= 11 is 0. The molecule has 33 heavy (non-hydrogen) atoms. The zero-order chi connectivity index (χ0) is 24.7. The molecule has 180 valence electrons. The lowest BCUT2D eigenvalue weighted by Gasteiger charge is -2.31. The van der Waals surface area contributed by atoms with Crippen molar-refractivity contribution in [2.45, 2.75) is 39.9 Å². The Kier molecular flexibility index (Phi) is 7.43. The molecule has 1 unspecified atom stereocenters. The molecule has 3 rings (SSSR count). The van der Waals surface area contributed by atoms with Crippen LogP contribution in [0.2, 0.25) is 0 Å².